The molecule has 1 unspecified atom stereocenters. The lowest BCUT2D eigenvalue weighted by molar-refractivity contribution is -0.137. The molecule has 6 heteroatoms. The van der Waals surface area contributed by atoms with Gasteiger partial charge in [0.15, 0.2) is 0 Å². The molecule has 21 heavy (non-hydrogen) atoms. The number of carboxylic acid groups (broad SMARTS) is 1. The van der Waals surface area contributed by atoms with Crippen LogP contribution >= 0.6 is 11.3 Å². The van der Waals surface area contributed by atoms with Gasteiger partial charge in [0.25, 0.3) is 0 Å². The quantitative estimate of drug-likeness (QED) is 0.823. The first-order valence-electron chi connectivity index (χ1n) is 6.57. The molecule has 2 rings (SSSR count). The van der Waals surface area contributed by atoms with E-state index in [1.54, 1.807) is 6.20 Å². The predicted octanol–water partition coefficient (Wildman–Crippen LogP) is 2.41. The second-order valence-electron chi connectivity index (χ2n) is 4.61. The number of hydrogen-bond donors (Lipinski definition) is 2. The fourth-order valence-corrected chi connectivity index (χ4v) is 2.83. The van der Waals surface area contributed by atoms with Gasteiger partial charge in [0.05, 0.1) is 18.7 Å². The maximum atomic E-state index is 12.0. The van der Waals surface area contributed by atoms with Gasteiger partial charge in [-0.15, -0.1) is 11.3 Å². The molecule has 0 saturated carbocycles. The Morgan fingerprint density at radius 1 is 1.24 bits per heavy atom. The maximum absolute atomic E-state index is 12.0. The summed E-state index contributed by atoms with van der Waals surface area (Å²) >= 11 is 1.47. The van der Waals surface area contributed by atoms with Gasteiger partial charge in [-0.2, -0.15) is 0 Å². The Hall–Kier alpha value is -2.21. The number of carboxylic acids is 1. The number of amides is 1. The van der Waals surface area contributed by atoms with Crippen LogP contribution in [-0.2, 0) is 16.1 Å². The van der Waals surface area contributed by atoms with Crippen LogP contribution in [0.15, 0.2) is 41.9 Å². The Balaban J connectivity index is 1.90. The predicted molar refractivity (Wildman–Crippen MR) is 80.0 cm³/mol. The molecular formula is C15H16N2O3S. The summed E-state index contributed by atoms with van der Waals surface area (Å²) in [7, 11) is 0. The van der Waals surface area contributed by atoms with Crippen LogP contribution in [0.25, 0.3) is 0 Å². The number of hydrogen-bond acceptors (Lipinski definition) is 4. The van der Waals surface area contributed by atoms with Crippen LogP contribution in [0, 0.1) is 0 Å². The van der Waals surface area contributed by atoms with E-state index in [0.29, 0.717) is 6.54 Å². The van der Waals surface area contributed by atoms with Gasteiger partial charge in [-0.05, 0) is 23.6 Å². The summed E-state index contributed by atoms with van der Waals surface area (Å²) in [5.74, 6) is -1.35. The molecule has 0 spiro atoms. The van der Waals surface area contributed by atoms with E-state index in [9.17, 15) is 9.59 Å². The zero-order valence-electron chi connectivity index (χ0n) is 11.4. The van der Waals surface area contributed by atoms with E-state index in [2.05, 4.69) is 10.3 Å². The number of nitrogens with one attached hydrogen (secondary N) is 1. The number of pyridine rings is 1. The van der Waals surface area contributed by atoms with Crippen LogP contribution in [0.5, 0.6) is 0 Å². The van der Waals surface area contributed by atoms with Crippen molar-refractivity contribution in [1.82, 2.24) is 10.3 Å². The Bertz CT molecular complexity index is 584. The molecule has 1 atom stereocenters. The average molecular weight is 304 g/mol. The van der Waals surface area contributed by atoms with Gasteiger partial charge in [-0.3, -0.25) is 14.6 Å². The standard InChI is InChI=1S/C15H16N2O3S/c18-14(17-10-12-4-1-2-6-16-12)8-11(9-15(19)20)13-5-3-7-21-13/h1-7,11H,8-10H2,(H,17,18)(H,19,20). The summed E-state index contributed by atoms with van der Waals surface area (Å²) < 4.78 is 0. The Labute approximate surface area is 126 Å². The van der Waals surface area contributed by atoms with Crippen LogP contribution in [0.2, 0.25) is 0 Å². The lowest BCUT2D eigenvalue weighted by Crippen LogP contribution is -2.25. The molecule has 0 aliphatic heterocycles. The van der Waals surface area contributed by atoms with Crippen molar-refractivity contribution in [2.75, 3.05) is 0 Å². The van der Waals surface area contributed by atoms with Gasteiger partial charge < -0.3 is 10.4 Å². The largest absolute Gasteiger partial charge is 0.481 e. The second-order valence-corrected chi connectivity index (χ2v) is 5.59. The van der Waals surface area contributed by atoms with E-state index in [1.165, 1.54) is 11.3 Å². The summed E-state index contributed by atoms with van der Waals surface area (Å²) in [4.78, 5) is 27.9. The topological polar surface area (TPSA) is 79.3 Å². The monoisotopic (exact) mass is 304 g/mol. The molecule has 2 N–H and O–H groups in total. The number of nitrogens with zero attached hydrogens (tertiary/aromatic N) is 1. The Morgan fingerprint density at radius 2 is 2.10 bits per heavy atom. The zero-order valence-corrected chi connectivity index (χ0v) is 12.2. The van der Waals surface area contributed by atoms with Crippen molar-refractivity contribution in [2.45, 2.75) is 25.3 Å². The summed E-state index contributed by atoms with van der Waals surface area (Å²) in [6.45, 7) is 0.351. The fraction of sp³-hybridized carbons (Fsp3) is 0.267. The normalized spacial score (nSPS) is 11.8. The number of rotatable bonds is 7. The molecule has 0 aliphatic carbocycles. The van der Waals surface area contributed by atoms with Crippen molar-refractivity contribution in [3.63, 3.8) is 0 Å². The van der Waals surface area contributed by atoms with Gasteiger partial charge in [0, 0.05) is 23.4 Å². The van der Waals surface area contributed by atoms with Gasteiger partial charge in [0.2, 0.25) is 5.91 Å². The third-order valence-electron chi connectivity index (χ3n) is 2.99. The van der Waals surface area contributed by atoms with Crippen molar-refractivity contribution in [1.29, 1.82) is 0 Å². The minimum atomic E-state index is -0.897. The number of thiophene rings is 1. The minimum Gasteiger partial charge on any atom is -0.481 e. The van der Waals surface area contributed by atoms with E-state index in [1.807, 2.05) is 35.7 Å². The lowest BCUT2D eigenvalue weighted by Gasteiger charge is -2.13. The molecule has 0 bridgehead atoms. The van der Waals surface area contributed by atoms with Crippen LogP contribution in [0.1, 0.15) is 29.3 Å². The van der Waals surface area contributed by atoms with E-state index < -0.39 is 5.97 Å². The average Bonchev–Trinajstić information content (AvgIpc) is 2.99. The highest BCUT2D eigenvalue weighted by Gasteiger charge is 2.20. The summed E-state index contributed by atoms with van der Waals surface area (Å²) in [6.07, 6.45) is 1.79. The highest BCUT2D eigenvalue weighted by molar-refractivity contribution is 7.10. The number of aliphatic carboxylic acids is 1. The zero-order chi connectivity index (χ0) is 15.1. The molecule has 0 aliphatic rings. The molecule has 110 valence electrons. The van der Waals surface area contributed by atoms with Crippen LogP contribution < -0.4 is 5.32 Å². The van der Waals surface area contributed by atoms with Crippen LogP contribution in [0.4, 0.5) is 0 Å². The first-order valence-corrected chi connectivity index (χ1v) is 7.45. The van der Waals surface area contributed by atoms with Gasteiger partial charge in [0.1, 0.15) is 0 Å². The minimum absolute atomic E-state index is 0.0441. The summed E-state index contributed by atoms with van der Waals surface area (Å²) in [6, 6.07) is 9.22. The second kappa shape index (κ2) is 7.54. The van der Waals surface area contributed by atoms with Crippen LogP contribution in [-0.4, -0.2) is 22.0 Å². The SMILES string of the molecule is O=C(O)CC(CC(=O)NCc1ccccn1)c1cccs1. The summed E-state index contributed by atoms with van der Waals surface area (Å²) in [5, 5.41) is 13.6. The third-order valence-corrected chi connectivity index (χ3v) is 4.03. The number of aromatic nitrogens is 1. The van der Waals surface area contributed by atoms with Crippen molar-refractivity contribution in [3.05, 3.63) is 52.5 Å². The molecule has 2 heterocycles. The maximum Gasteiger partial charge on any atom is 0.304 e. The van der Waals surface area contributed by atoms with E-state index in [-0.39, 0.29) is 24.7 Å². The van der Waals surface area contributed by atoms with E-state index in [0.717, 1.165) is 10.6 Å². The third kappa shape index (κ3) is 5.00. The summed E-state index contributed by atoms with van der Waals surface area (Å²) in [5.41, 5.74) is 0.775. The van der Waals surface area contributed by atoms with Crippen molar-refractivity contribution in [3.8, 4) is 0 Å². The first-order chi connectivity index (χ1) is 10.1. The molecule has 5 nitrogen and oxygen atoms in total. The Morgan fingerprint density at radius 3 is 2.71 bits per heavy atom. The lowest BCUT2D eigenvalue weighted by atomic mass is 9.99. The molecule has 0 radical (unpaired) electrons. The van der Waals surface area contributed by atoms with Crippen molar-refractivity contribution < 1.29 is 14.7 Å². The number of carbonyl (C=O) groups is 2. The smallest absolute Gasteiger partial charge is 0.304 e. The molecule has 0 saturated heterocycles. The molecule has 1 amide bonds. The highest BCUT2D eigenvalue weighted by Crippen LogP contribution is 2.27. The highest BCUT2D eigenvalue weighted by atomic mass is 32.1. The first kappa shape index (κ1) is 15.2. The van der Waals surface area contributed by atoms with Crippen molar-refractivity contribution in [2.24, 2.45) is 0 Å². The Kier molecular flexibility index (Phi) is 5.45. The molecule has 2 aromatic rings. The van der Waals surface area contributed by atoms with Gasteiger partial charge in [-0.1, -0.05) is 12.1 Å². The van der Waals surface area contributed by atoms with E-state index in [4.69, 9.17) is 5.11 Å². The van der Waals surface area contributed by atoms with Crippen LogP contribution in [0.3, 0.4) is 0 Å². The van der Waals surface area contributed by atoms with Gasteiger partial charge in [-0.25, -0.2) is 0 Å². The fourth-order valence-electron chi connectivity index (χ4n) is 2.00. The number of carbonyl (C=O) groups excluding carboxylic acids is 1. The molecular weight excluding hydrogens is 288 g/mol. The van der Waals surface area contributed by atoms with Gasteiger partial charge >= 0.3 is 5.97 Å². The van der Waals surface area contributed by atoms with E-state index >= 15 is 0 Å². The molecule has 0 aromatic carbocycles. The molecule has 0 fully saturated rings. The molecule has 2 aromatic heterocycles. The van der Waals surface area contributed by atoms with Crippen molar-refractivity contribution >= 4 is 23.2 Å².